The summed E-state index contributed by atoms with van der Waals surface area (Å²) in [5, 5.41) is 0. The highest BCUT2D eigenvalue weighted by atomic mass is 16.5. The van der Waals surface area contributed by atoms with E-state index in [-0.39, 0.29) is 12.5 Å². The molecule has 0 atom stereocenters. The summed E-state index contributed by atoms with van der Waals surface area (Å²) in [7, 11) is 5.03. The second-order valence-electron chi connectivity index (χ2n) is 2.77. The molecule has 72 valence electrons. The van der Waals surface area contributed by atoms with Gasteiger partial charge in [-0.25, -0.2) is 4.98 Å². The molecule has 0 saturated heterocycles. The Morgan fingerprint density at radius 2 is 2.46 bits per heavy atom. The molecule has 1 aromatic heterocycles. The summed E-state index contributed by atoms with van der Waals surface area (Å²) in [5.41, 5.74) is 0. The molecule has 13 heavy (non-hydrogen) atoms. The number of carbonyl (C=O) groups excluding carboxylic acids is 1. The van der Waals surface area contributed by atoms with E-state index in [4.69, 9.17) is 0 Å². The average Bonchev–Trinajstić information content (AvgIpc) is 2.51. The van der Waals surface area contributed by atoms with E-state index < -0.39 is 0 Å². The zero-order valence-electron chi connectivity index (χ0n) is 8.02. The Labute approximate surface area is 76.9 Å². The molecular weight excluding hydrogens is 170 g/mol. The summed E-state index contributed by atoms with van der Waals surface area (Å²) in [6.45, 7) is 0.210. The van der Waals surface area contributed by atoms with Gasteiger partial charge < -0.3 is 14.2 Å². The first-order valence-corrected chi connectivity index (χ1v) is 3.90. The zero-order valence-corrected chi connectivity index (χ0v) is 8.02. The number of methoxy groups -OCH3 is 1. The van der Waals surface area contributed by atoms with Crippen molar-refractivity contribution in [2.75, 3.05) is 25.6 Å². The first-order chi connectivity index (χ1) is 6.15. The van der Waals surface area contributed by atoms with Crippen LogP contribution in [-0.4, -0.2) is 36.2 Å². The van der Waals surface area contributed by atoms with Gasteiger partial charge in [0.1, 0.15) is 6.54 Å². The van der Waals surface area contributed by atoms with Crippen LogP contribution >= 0.6 is 0 Å². The van der Waals surface area contributed by atoms with Crippen molar-refractivity contribution in [2.45, 2.75) is 0 Å². The Morgan fingerprint density at radius 1 is 1.77 bits per heavy atom. The molecule has 0 aliphatic rings. The van der Waals surface area contributed by atoms with E-state index in [0.717, 1.165) is 5.95 Å². The van der Waals surface area contributed by atoms with Crippen molar-refractivity contribution in [3.63, 3.8) is 0 Å². The molecule has 0 fully saturated rings. The fraction of sp³-hybridized carbons (Fsp3) is 0.500. The van der Waals surface area contributed by atoms with Gasteiger partial charge in [-0.1, -0.05) is 0 Å². The van der Waals surface area contributed by atoms with Gasteiger partial charge >= 0.3 is 5.97 Å². The van der Waals surface area contributed by atoms with Gasteiger partial charge in [0.2, 0.25) is 5.95 Å². The lowest BCUT2D eigenvalue weighted by Crippen LogP contribution is -2.28. The Hall–Kier alpha value is -1.52. The minimum absolute atomic E-state index is 0.210. The highest BCUT2D eigenvalue weighted by Crippen LogP contribution is 2.06. The van der Waals surface area contributed by atoms with Crippen LogP contribution in [0.2, 0.25) is 0 Å². The molecule has 0 bridgehead atoms. The van der Waals surface area contributed by atoms with Crippen LogP contribution in [0, 0.1) is 0 Å². The lowest BCUT2D eigenvalue weighted by molar-refractivity contribution is -0.138. The largest absolute Gasteiger partial charge is 0.468 e. The van der Waals surface area contributed by atoms with Gasteiger partial charge in [0.25, 0.3) is 0 Å². The predicted octanol–water partition coefficient (Wildman–Crippen LogP) is 0.0293. The van der Waals surface area contributed by atoms with Crippen molar-refractivity contribution in [3.05, 3.63) is 12.4 Å². The Balaban J connectivity index is 2.63. The second-order valence-corrected chi connectivity index (χ2v) is 2.77. The van der Waals surface area contributed by atoms with Gasteiger partial charge in [0.05, 0.1) is 7.11 Å². The molecule has 0 saturated carbocycles. The summed E-state index contributed by atoms with van der Waals surface area (Å²) >= 11 is 0. The van der Waals surface area contributed by atoms with Crippen molar-refractivity contribution in [2.24, 2.45) is 7.05 Å². The van der Waals surface area contributed by atoms with E-state index in [1.54, 1.807) is 18.1 Å². The zero-order chi connectivity index (χ0) is 9.84. The van der Waals surface area contributed by atoms with Crippen LogP contribution in [0.1, 0.15) is 0 Å². The number of rotatable bonds is 3. The third-order valence-corrected chi connectivity index (χ3v) is 1.73. The Bertz CT molecular complexity index is 295. The summed E-state index contributed by atoms with van der Waals surface area (Å²) in [6, 6.07) is 0. The van der Waals surface area contributed by atoms with E-state index in [0.29, 0.717) is 0 Å². The van der Waals surface area contributed by atoms with Crippen LogP contribution < -0.4 is 4.90 Å². The number of esters is 1. The van der Waals surface area contributed by atoms with Crippen molar-refractivity contribution in [1.29, 1.82) is 0 Å². The van der Waals surface area contributed by atoms with Gasteiger partial charge in [-0.2, -0.15) is 0 Å². The van der Waals surface area contributed by atoms with Gasteiger partial charge in [0, 0.05) is 26.5 Å². The SMILES string of the molecule is COC(=O)CN(C)c1nccn1C. The third kappa shape index (κ3) is 2.21. The molecule has 5 nitrogen and oxygen atoms in total. The highest BCUT2D eigenvalue weighted by molar-refractivity contribution is 5.74. The summed E-state index contributed by atoms with van der Waals surface area (Å²) in [6.07, 6.45) is 3.51. The molecule has 0 aliphatic heterocycles. The fourth-order valence-electron chi connectivity index (χ4n) is 1.05. The van der Waals surface area contributed by atoms with Crippen molar-refractivity contribution >= 4 is 11.9 Å². The van der Waals surface area contributed by atoms with Crippen LogP contribution in [0.4, 0.5) is 5.95 Å². The van der Waals surface area contributed by atoms with Crippen LogP contribution in [0.25, 0.3) is 0 Å². The van der Waals surface area contributed by atoms with Crippen molar-refractivity contribution in [1.82, 2.24) is 9.55 Å². The Kier molecular flexibility index (Phi) is 2.89. The van der Waals surface area contributed by atoms with E-state index >= 15 is 0 Å². The molecule has 1 heterocycles. The van der Waals surface area contributed by atoms with E-state index in [9.17, 15) is 4.79 Å². The lowest BCUT2D eigenvalue weighted by Gasteiger charge is -2.16. The van der Waals surface area contributed by atoms with Crippen molar-refractivity contribution < 1.29 is 9.53 Å². The molecule has 0 unspecified atom stereocenters. The number of nitrogens with zero attached hydrogens (tertiary/aromatic N) is 3. The van der Waals surface area contributed by atoms with Crippen LogP contribution in [-0.2, 0) is 16.6 Å². The molecule has 0 aliphatic carbocycles. The first-order valence-electron chi connectivity index (χ1n) is 3.90. The molecule has 0 radical (unpaired) electrons. The number of aryl methyl sites for hydroxylation is 1. The number of carbonyl (C=O) groups is 1. The molecule has 1 aromatic rings. The summed E-state index contributed by atoms with van der Waals surface area (Å²) in [5.74, 6) is 0.468. The molecule has 0 N–H and O–H groups in total. The number of aromatic nitrogens is 2. The minimum atomic E-state index is -0.273. The van der Waals surface area contributed by atoms with Crippen LogP contribution in [0.3, 0.4) is 0 Å². The maximum absolute atomic E-state index is 10.9. The molecule has 0 spiro atoms. The number of likely N-dealkylation sites (N-methyl/N-ethyl adjacent to an activating group) is 1. The van der Waals surface area contributed by atoms with Crippen LogP contribution in [0.5, 0.6) is 0 Å². The van der Waals surface area contributed by atoms with E-state index in [1.165, 1.54) is 7.11 Å². The van der Waals surface area contributed by atoms with Gasteiger partial charge in [0.15, 0.2) is 0 Å². The van der Waals surface area contributed by atoms with E-state index in [1.807, 2.05) is 17.8 Å². The lowest BCUT2D eigenvalue weighted by atomic mass is 10.6. The first kappa shape index (κ1) is 9.57. The monoisotopic (exact) mass is 183 g/mol. The van der Waals surface area contributed by atoms with Gasteiger partial charge in [-0.3, -0.25) is 4.79 Å². The third-order valence-electron chi connectivity index (χ3n) is 1.73. The number of anilines is 1. The normalized spacial score (nSPS) is 9.77. The maximum Gasteiger partial charge on any atom is 0.325 e. The number of hydrogen-bond donors (Lipinski definition) is 0. The molecule has 0 amide bonds. The molecule has 1 rings (SSSR count). The minimum Gasteiger partial charge on any atom is -0.468 e. The topological polar surface area (TPSA) is 47.4 Å². The van der Waals surface area contributed by atoms with E-state index in [2.05, 4.69) is 9.72 Å². The number of ether oxygens (including phenoxy) is 1. The number of imidazole rings is 1. The molecular formula is C8H13N3O2. The molecule has 5 heteroatoms. The second kappa shape index (κ2) is 3.93. The fourth-order valence-corrected chi connectivity index (χ4v) is 1.05. The highest BCUT2D eigenvalue weighted by Gasteiger charge is 2.10. The van der Waals surface area contributed by atoms with Crippen molar-refractivity contribution in [3.8, 4) is 0 Å². The van der Waals surface area contributed by atoms with Gasteiger partial charge in [-0.15, -0.1) is 0 Å². The quantitative estimate of drug-likeness (QED) is 0.620. The molecule has 0 aromatic carbocycles. The predicted molar refractivity (Wildman–Crippen MR) is 48.5 cm³/mol. The number of hydrogen-bond acceptors (Lipinski definition) is 4. The van der Waals surface area contributed by atoms with Gasteiger partial charge in [-0.05, 0) is 0 Å². The average molecular weight is 183 g/mol. The summed E-state index contributed by atoms with van der Waals surface area (Å²) < 4.78 is 6.38. The maximum atomic E-state index is 10.9. The Morgan fingerprint density at radius 3 is 2.92 bits per heavy atom. The van der Waals surface area contributed by atoms with Crippen LogP contribution in [0.15, 0.2) is 12.4 Å². The smallest absolute Gasteiger partial charge is 0.325 e. The standard InChI is InChI=1S/C8H13N3O2/c1-10-5-4-9-8(10)11(2)6-7(12)13-3/h4-5H,6H2,1-3H3. The summed E-state index contributed by atoms with van der Waals surface area (Å²) in [4.78, 5) is 16.7.